The van der Waals surface area contributed by atoms with Gasteiger partial charge in [-0.3, -0.25) is 0 Å². The van der Waals surface area contributed by atoms with Gasteiger partial charge in [-0.15, -0.1) is 12.1 Å². The van der Waals surface area contributed by atoms with E-state index in [9.17, 15) is 0 Å². The molecule has 0 rings (SSSR count). The molecule has 0 amide bonds. The van der Waals surface area contributed by atoms with Crippen LogP contribution in [0.15, 0.2) is 12.1 Å². The lowest BCUT2D eigenvalue weighted by Gasteiger charge is -1.91. The minimum atomic E-state index is 0.777. The van der Waals surface area contributed by atoms with Crippen LogP contribution in [0.4, 0.5) is 0 Å². The predicted octanol–water partition coefficient (Wildman–Crippen LogP) is 1.84. The van der Waals surface area contributed by atoms with Gasteiger partial charge in [0.05, 0.1) is 0 Å². The van der Waals surface area contributed by atoms with Gasteiger partial charge in [0.15, 0.2) is 0 Å². The van der Waals surface area contributed by atoms with Gasteiger partial charge in [-0.1, -0.05) is 15.9 Å². The summed E-state index contributed by atoms with van der Waals surface area (Å²) in [6.07, 6.45) is 2.03. The number of hydrogen-bond donors (Lipinski definition) is 0. The molecule has 0 fully saturated rings. The summed E-state index contributed by atoms with van der Waals surface area (Å²) in [5.74, 6) is 0. The number of allylic oxidation sites excluding steroid dienone is 1. The summed E-state index contributed by atoms with van der Waals surface area (Å²) in [6.45, 7) is 3.55. The topological polar surface area (TPSA) is 0 Å². The van der Waals surface area contributed by atoms with Crippen molar-refractivity contribution in [2.75, 3.05) is 5.33 Å². The van der Waals surface area contributed by atoms with Crippen molar-refractivity contribution >= 4 is 23.8 Å². The van der Waals surface area contributed by atoms with E-state index >= 15 is 0 Å². The molecule has 0 bridgehead atoms. The van der Waals surface area contributed by atoms with Crippen molar-refractivity contribution < 1.29 is 0 Å². The van der Waals surface area contributed by atoms with Crippen LogP contribution in [0, 0.1) is 0 Å². The van der Waals surface area contributed by atoms with Gasteiger partial charge in [-0.25, -0.2) is 0 Å². The van der Waals surface area contributed by atoms with Crippen molar-refractivity contribution in [3.8, 4) is 0 Å². The second-order valence-electron chi connectivity index (χ2n) is 1.45. The van der Waals surface area contributed by atoms with Crippen LogP contribution >= 0.6 is 15.9 Å². The molecular formula is C5H8BBr. The zero-order valence-corrected chi connectivity index (χ0v) is 5.87. The normalized spacial score (nSPS) is 8.71. The third-order valence-electron chi connectivity index (χ3n) is 0.632. The Morgan fingerprint density at radius 2 is 2.29 bits per heavy atom. The number of rotatable bonds is 3. The van der Waals surface area contributed by atoms with Gasteiger partial charge >= 0.3 is 0 Å². The Morgan fingerprint density at radius 3 is 2.43 bits per heavy atom. The highest BCUT2D eigenvalue weighted by atomic mass is 79.9. The standard InChI is InChI=1S/C5H8BBr/c1-5(6)3-2-4-7/h1-4H2. The molecule has 0 aromatic carbocycles. The molecule has 38 valence electrons. The smallest absolute Gasteiger partial charge is 0.106 e. The highest BCUT2D eigenvalue weighted by molar-refractivity contribution is 9.09. The lowest BCUT2D eigenvalue weighted by Crippen LogP contribution is -1.79. The first kappa shape index (κ1) is 7.28. The van der Waals surface area contributed by atoms with Crippen molar-refractivity contribution in [3.05, 3.63) is 12.1 Å². The average molecular weight is 159 g/mol. The lowest BCUT2D eigenvalue weighted by atomic mass is 9.94. The Labute approximate surface area is 54.5 Å². The Hall–Kier alpha value is 0.285. The van der Waals surface area contributed by atoms with Crippen LogP contribution in [0.5, 0.6) is 0 Å². The van der Waals surface area contributed by atoms with Crippen molar-refractivity contribution in [1.29, 1.82) is 0 Å². The Balaban J connectivity index is 2.82. The van der Waals surface area contributed by atoms with Gasteiger partial charge in [0.25, 0.3) is 0 Å². The molecular weight excluding hydrogens is 151 g/mol. The van der Waals surface area contributed by atoms with Crippen LogP contribution in [0.3, 0.4) is 0 Å². The molecule has 0 saturated carbocycles. The van der Waals surface area contributed by atoms with Gasteiger partial charge in [0.2, 0.25) is 0 Å². The Morgan fingerprint density at radius 1 is 1.71 bits per heavy atom. The van der Waals surface area contributed by atoms with E-state index in [4.69, 9.17) is 7.85 Å². The SMILES string of the molecule is [B]C(=C)CCCBr. The summed E-state index contributed by atoms with van der Waals surface area (Å²) >= 11 is 3.28. The molecule has 0 saturated heterocycles. The quantitative estimate of drug-likeness (QED) is 0.435. The molecule has 0 nitrogen and oxygen atoms in total. The molecule has 0 aliphatic carbocycles. The average Bonchev–Trinajstić information content (AvgIpc) is 1.61. The summed E-state index contributed by atoms with van der Waals surface area (Å²) in [5, 5.41) is 1.02. The highest BCUT2D eigenvalue weighted by Gasteiger charge is 1.81. The van der Waals surface area contributed by atoms with Crippen molar-refractivity contribution in [1.82, 2.24) is 0 Å². The number of halogens is 1. The number of hydrogen-bond acceptors (Lipinski definition) is 0. The second-order valence-corrected chi connectivity index (χ2v) is 2.24. The van der Waals surface area contributed by atoms with Gasteiger partial charge in [-0.05, 0) is 12.8 Å². The fraction of sp³-hybridized carbons (Fsp3) is 0.600. The molecule has 0 aliphatic rings. The van der Waals surface area contributed by atoms with Crippen LogP contribution in [0.2, 0.25) is 0 Å². The van der Waals surface area contributed by atoms with E-state index in [2.05, 4.69) is 22.5 Å². The summed E-state index contributed by atoms with van der Waals surface area (Å²) in [7, 11) is 5.26. The van der Waals surface area contributed by atoms with Crippen LogP contribution in [0.1, 0.15) is 12.8 Å². The third-order valence-corrected chi connectivity index (χ3v) is 1.19. The molecule has 2 heteroatoms. The first-order chi connectivity index (χ1) is 3.27. The molecule has 0 unspecified atom stereocenters. The Bertz CT molecular complexity index is 61.1. The largest absolute Gasteiger partial charge is 0.125 e. The van der Waals surface area contributed by atoms with Crippen LogP contribution in [0.25, 0.3) is 0 Å². The van der Waals surface area contributed by atoms with E-state index in [-0.39, 0.29) is 0 Å². The molecule has 0 N–H and O–H groups in total. The van der Waals surface area contributed by atoms with E-state index in [1.165, 1.54) is 0 Å². The van der Waals surface area contributed by atoms with E-state index < -0.39 is 0 Å². The molecule has 0 aromatic heterocycles. The Kier molecular flexibility index (Phi) is 4.62. The zero-order chi connectivity index (χ0) is 5.70. The van der Waals surface area contributed by atoms with Crippen LogP contribution in [-0.2, 0) is 0 Å². The van der Waals surface area contributed by atoms with E-state index in [1.54, 1.807) is 0 Å². The maximum Gasteiger partial charge on any atom is 0.106 e. The predicted molar refractivity (Wildman–Crippen MR) is 37.9 cm³/mol. The van der Waals surface area contributed by atoms with Crippen LogP contribution < -0.4 is 0 Å². The summed E-state index contributed by atoms with van der Waals surface area (Å²) in [6, 6.07) is 0. The molecule has 0 aliphatic heterocycles. The second kappa shape index (κ2) is 4.44. The first-order valence-corrected chi connectivity index (χ1v) is 3.38. The fourth-order valence-corrected chi connectivity index (χ4v) is 0.574. The summed E-state index contributed by atoms with van der Waals surface area (Å²) < 4.78 is 0. The molecule has 0 aromatic rings. The van der Waals surface area contributed by atoms with Crippen molar-refractivity contribution in [3.63, 3.8) is 0 Å². The van der Waals surface area contributed by atoms with Gasteiger partial charge < -0.3 is 0 Å². The minimum absolute atomic E-state index is 0.777. The van der Waals surface area contributed by atoms with Gasteiger partial charge in [0.1, 0.15) is 7.85 Å². The van der Waals surface area contributed by atoms with Crippen molar-refractivity contribution in [2.45, 2.75) is 12.8 Å². The lowest BCUT2D eigenvalue weighted by molar-refractivity contribution is 0.967. The first-order valence-electron chi connectivity index (χ1n) is 2.26. The van der Waals surface area contributed by atoms with E-state index in [0.29, 0.717) is 0 Å². The van der Waals surface area contributed by atoms with Crippen molar-refractivity contribution in [2.24, 2.45) is 0 Å². The molecule has 0 spiro atoms. The molecule has 2 radical (unpaired) electrons. The molecule has 0 heterocycles. The fourth-order valence-electron chi connectivity index (χ4n) is 0.294. The summed E-state index contributed by atoms with van der Waals surface area (Å²) in [4.78, 5) is 0. The van der Waals surface area contributed by atoms with E-state index in [0.717, 1.165) is 23.6 Å². The molecule has 0 atom stereocenters. The number of alkyl halides is 1. The monoisotopic (exact) mass is 158 g/mol. The highest BCUT2D eigenvalue weighted by Crippen LogP contribution is 1.98. The van der Waals surface area contributed by atoms with Crippen LogP contribution in [-0.4, -0.2) is 13.2 Å². The van der Waals surface area contributed by atoms with Gasteiger partial charge in [0, 0.05) is 5.33 Å². The van der Waals surface area contributed by atoms with E-state index in [1.807, 2.05) is 0 Å². The summed E-state index contributed by atoms with van der Waals surface area (Å²) in [5.41, 5.74) is 0.777. The maximum absolute atomic E-state index is 5.26. The molecule has 7 heavy (non-hydrogen) atoms. The zero-order valence-electron chi connectivity index (χ0n) is 4.28. The maximum atomic E-state index is 5.26. The van der Waals surface area contributed by atoms with Gasteiger partial charge in [-0.2, -0.15) is 0 Å². The minimum Gasteiger partial charge on any atom is -0.125 e. The third kappa shape index (κ3) is 6.28.